The van der Waals surface area contributed by atoms with Crippen molar-refractivity contribution in [3.63, 3.8) is 0 Å². The molecular formula is C24H31FN2O4. The molecule has 1 heterocycles. The topological polar surface area (TPSA) is 90.8 Å². The summed E-state index contributed by atoms with van der Waals surface area (Å²) in [4.78, 5) is 11.4. The summed E-state index contributed by atoms with van der Waals surface area (Å²) in [6, 6.07) is 12.0. The molecule has 31 heavy (non-hydrogen) atoms. The van der Waals surface area contributed by atoms with Crippen molar-refractivity contribution in [2.75, 3.05) is 33.4 Å². The normalized spacial score (nSPS) is 18.3. The number of nitrogens with one attached hydrogen (secondary N) is 2. The SMILES string of the molecule is COc1cccc(-c2c(F)cccc2C(O)(CCCNC(=O)CO)[C@@H]2CCCNC2)c1. The quantitative estimate of drug-likeness (QED) is 0.459. The second-order valence-corrected chi connectivity index (χ2v) is 7.97. The molecule has 1 unspecified atom stereocenters. The van der Waals surface area contributed by atoms with Gasteiger partial charge in [-0.3, -0.25) is 4.79 Å². The molecule has 0 aromatic heterocycles. The van der Waals surface area contributed by atoms with Crippen LogP contribution in [0.2, 0.25) is 0 Å². The largest absolute Gasteiger partial charge is 0.497 e. The Hall–Kier alpha value is -2.48. The van der Waals surface area contributed by atoms with E-state index in [4.69, 9.17) is 9.84 Å². The molecule has 1 fully saturated rings. The third-order valence-electron chi connectivity index (χ3n) is 6.01. The molecular weight excluding hydrogens is 399 g/mol. The van der Waals surface area contributed by atoms with Crippen LogP contribution in [0.3, 0.4) is 0 Å². The fourth-order valence-corrected chi connectivity index (χ4v) is 4.42. The minimum Gasteiger partial charge on any atom is -0.497 e. The van der Waals surface area contributed by atoms with E-state index < -0.39 is 23.9 Å². The summed E-state index contributed by atoms with van der Waals surface area (Å²) >= 11 is 0. The molecule has 2 atom stereocenters. The maximum atomic E-state index is 15.2. The molecule has 0 spiro atoms. The number of carbonyl (C=O) groups excluding carboxylic acids is 1. The standard InChI is InChI=1S/C24H31FN2O4/c1-31-19-8-2-6-17(14-19)23-20(9-3-10-21(23)25)24(30,18-7-4-12-26-15-18)11-5-13-27-22(29)16-28/h2-3,6,8-10,14,18,26,28,30H,4-5,7,11-13,15-16H2,1H3,(H,27,29)/t18-,24?/m1/s1. The number of amides is 1. The van der Waals surface area contributed by atoms with E-state index in [0.29, 0.717) is 48.4 Å². The Morgan fingerprint density at radius 2 is 2.13 bits per heavy atom. The van der Waals surface area contributed by atoms with Gasteiger partial charge >= 0.3 is 0 Å². The first-order valence-electron chi connectivity index (χ1n) is 10.7. The molecule has 1 saturated heterocycles. The molecule has 7 heteroatoms. The monoisotopic (exact) mass is 430 g/mol. The number of ether oxygens (including phenoxy) is 1. The van der Waals surface area contributed by atoms with Crippen LogP contribution >= 0.6 is 0 Å². The van der Waals surface area contributed by atoms with Gasteiger partial charge in [0, 0.05) is 24.6 Å². The number of hydrogen-bond acceptors (Lipinski definition) is 5. The Bertz CT molecular complexity index is 886. The lowest BCUT2D eigenvalue weighted by atomic mass is 9.72. The summed E-state index contributed by atoms with van der Waals surface area (Å²) in [5, 5.41) is 26.9. The number of hydrogen-bond donors (Lipinski definition) is 4. The van der Waals surface area contributed by atoms with Crippen LogP contribution in [0.5, 0.6) is 5.75 Å². The molecule has 0 saturated carbocycles. The number of halogens is 1. The molecule has 1 aliphatic heterocycles. The van der Waals surface area contributed by atoms with Crippen LogP contribution in [0.4, 0.5) is 4.39 Å². The van der Waals surface area contributed by atoms with E-state index in [1.165, 1.54) is 6.07 Å². The lowest BCUT2D eigenvalue weighted by Gasteiger charge is -2.40. The molecule has 2 aromatic carbocycles. The summed E-state index contributed by atoms with van der Waals surface area (Å²) in [5.74, 6) is -0.338. The van der Waals surface area contributed by atoms with Gasteiger partial charge in [-0.2, -0.15) is 0 Å². The maximum Gasteiger partial charge on any atom is 0.245 e. The zero-order valence-electron chi connectivity index (χ0n) is 17.9. The van der Waals surface area contributed by atoms with Crippen LogP contribution in [0.15, 0.2) is 42.5 Å². The van der Waals surface area contributed by atoms with E-state index in [9.17, 15) is 9.90 Å². The summed E-state index contributed by atoms with van der Waals surface area (Å²) in [6.45, 7) is 1.28. The van der Waals surface area contributed by atoms with E-state index in [1.54, 1.807) is 37.4 Å². The van der Waals surface area contributed by atoms with Crippen molar-refractivity contribution in [2.45, 2.75) is 31.3 Å². The highest BCUT2D eigenvalue weighted by Gasteiger charge is 2.40. The van der Waals surface area contributed by atoms with Crippen molar-refractivity contribution in [3.05, 3.63) is 53.8 Å². The first-order valence-corrected chi connectivity index (χ1v) is 10.7. The highest BCUT2D eigenvalue weighted by Crippen LogP contribution is 2.43. The average Bonchev–Trinajstić information content (AvgIpc) is 2.81. The van der Waals surface area contributed by atoms with Crippen LogP contribution in [-0.4, -0.2) is 49.5 Å². The maximum absolute atomic E-state index is 15.2. The van der Waals surface area contributed by atoms with Gasteiger partial charge in [-0.15, -0.1) is 0 Å². The number of piperidine rings is 1. The van der Waals surface area contributed by atoms with Crippen molar-refractivity contribution >= 4 is 5.91 Å². The Kier molecular flexibility index (Phi) is 8.01. The van der Waals surface area contributed by atoms with Crippen molar-refractivity contribution in [3.8, 4) is 16.9 Å². The third-order valence-corrected chi connectivity index (χ3v) is 6.01. The highest BCUT2D eigenvalue weighted by atomic mass is 19.1. The molecule has 6 nitrogen and oxygen atoms in total. The van der Waals surface area contributed by atoms with E-state index in [0.717, 1.165) is 19.4 Å². The molecule has 4 N–H and O–H groups in total. The Labute approximate surface area is 182 Å². The number of carbonyl (C=O) groups is 1. The van der Waals surface area contributed by atoms with Crippen molar-refractivity contribution < 1.29 is 24.1 Å². The minimum absolute atomic E-state index is 0.0963. The minimum atomic E-state index is -1.28. The predicted octanol–water partition coefficient (Wildman–Crippen LogP) is 2.58. The molecule has 1 aliphatic rings. The number of rotatable bonds is 9. The van der Waals surface area contributed by atoms with Crippen LogP contribution in [-0.2, 0) is 10.4 Å². The van der Waals surface area contributed by atoms with Gasteiger partial charge in [0.15, 0.2) is 0 Å². The Balaban J connectivity index is 2.00. The van der Waals surface area contributed by atoms with Crippen LogP contribution < -0.4 is 15.4 Å². The van der Waals surface area contributed by atoms with Gasteiger partial charge < -0.3 is 25.6 Å². The number of benzene rings is 2. The molecule has 1 amide bonds. The first kappa shape index (κ1) is 23.2. The zero-order chi connectivity index (χ0) is 22.3. The van der Waals surface area contributed by atoms with Gasteiger partial charge in [0.1, 0.15) is 18.2 Å². The van der Waals surface area contributed by atoms with Gasteiger partial charge in [0.25, 0.3) is 0 Å². The van der Waals surface area contributed by atoms with Crippen LogP contribution in [0.1, 0.15) is 31.2 Å². The number of aliphatic hydroxyl groups is 2. The number of methoxy groups -OCH3 is 1. The van der Waals surface area contributed by atoms with Gasteiger partial charge in [0.05, 0.1) is 12.7 Å². The fraction of sp³-hybridized carbons (Fsp3) is 0.458. The molecule has 3 rings (SSSR count). The summed E-state index contributed by atoms with van der Waals surface area (Å²) in [5.41, 5.74) is 0.276. The fourth-order valence-electron chi connectivity index (χ4n) is 4.42. The van der Waals surface area contributed by atoms with Crippen LogP contribution in [0.25, 0.3) is 11.1 Å². The van der Waals surface area contributed by atoms with E-state index in [-0.39, 0.29) is 5.92 Å². The van der Waals surface area contributed by atoms with Crippen LogP contribution in [0, 0.1) is 11.7 Å². The zero-order valence-corrected chi connectivity index (χ0v) is 17.9. The lowest BCUT2D eigenvalue weighted by Crippen LogP contribution is -2.45. The summed E-state index contributed by atoms with van der Waals surface area (Å²) in [7, 11) is 1.56. The molecule has 0 bridgehead atoms. The molecule has 0 aliphatic carbocycles. The molecule has 168 valence electrons. The van der Waals surface area contributed by atoms with Crippen molar-refractivity contribution in [1.29, 1.82) is 0 Å². The van der Waals surface area contributed by atoms with Gasteiger partial charge in [-0.25, -0.2) is 4.39 Å². The van der Waals surface area contributed by atoms with E-state index in [2.05, 4.69) is 10.6 Å². The van der Waals surface area contributed by atoms with Crippen molar-refractivity contribution in [1.82, 2.24) is 10.6 Å². The first-order chi connectivity index (χ1) is 15.0. The smallest absolute Gasteiger partial charge is 0.245 e. The lowest BCUT2D eigenvalue weighted by molar-refractivity contribution is -0.123. The summed E-state index contributed by atoms with van der Waals surface area (Å²) in [6.07, 6.45) is 2.59. The van der Waals surface area contributed by atoms with Gasteiger partial charge in [-0.1, -0.05) is 24.3 Å². The second kappa shape index (κ2) is 10.7. The average molecular weight is 431 g/mol. The van der Waals surface area contributed by atoms with Gasteiger partial charge in [0.2, 0.25) is 5.91 Å². The second-order valence-electron chi connectivity index (χ2n) is 7.97. The third kappa shape index (κ3) is 5.42. The van der Waals surface area contributed by atoms with Gasteiger partial charge in [-0.05, 0) is 61.6 Å². The summed E-state index contributed by atoms with van der Waals surface area (Å²) < 4.78 is 20.5. The van der Waals surface area contributed by atoms with E-state index >= 15 is 4.39 Å². The Morgan fingerprint density at radius 1 is 1.32 bits per heavy atom. The molecule has 0 radical (unpaired) electrons. The van der Waals surface area contributed by atoms with Crippen molar-refractivity contribution in [2.24, 2.45) is 5.92 Å². The molecule has 2 aromatic rings. The Morgan fingerprint density at radius 3 is 2.84 bits per heavy atom. The highest BCUT2D eigenvalue weighted by molar-refractivity contribution is 5.76. The predicted molar refractivity (Wildman–Crippen MR) is 117 cm³/mol. The van der Waals surface area contributed by atoms with E-state index in [1.807, 2.05) is 6.07 Å². The number of aliphatic hydroxyl groups excluding tert-OH is 1.